The average molecular weight is 405 g/mol. The van der Waals surface area contributed by atoms with E-state index in [-0.39, 0.29) is 24.9 Å². The van der Waals surface area contributed by atoms with Gasteiger partial charge in [0.2, 0.25) is 15.9 Å². The number of carbonyl (C=O) groups is 1. The predicted octanol–water partition coefficient (Wildman–Crippen LogP) is 3.51. The van der Waals surface area contributed by atoms with Gasteiger partial charge in [-0.15, -0.1) is 0 Å². The van der Waals surface area contributed by atoms with Gasteiger partial charge in [-0.3, -0.25) is 9.10 Å². The number of para-hydroxylation sites is 1. The molecule has 2 aromatic rings. The third-order valence-corrected chi connectivity index (χ3v) is 5.67. The first-order valence-electron chi connectivity index (χ1n) is 9.31. The molecule has 0 saturated carbocycles. The van der Waals surface area contributed by atoms with E-state index in [2.05, 4.69) is 5.32 Å². The van der Waals surface area contributed by atoms with E-state index in [9.17, 15) is 13.2 Å². The monoisotopic (exact) mass is 404 g/mol. The minimum atomic E-state index is -3.40. The van der Waals surface area contributed by atoms with Crippen molar-refractivity contribution in [3.63, 3.8) is 0 Å². The summed E-state index contributed by atoms with van der Waals surface area (Å²) < 4.78 is 30.7. The van der Waals surface area contributed by atoms with Crippen LogP contribution in [0.2, 0.25) is 0 Å². The Kier molecular flexibility index (Phi) is 7.87. The quantitative estimate of drug-likeness (QED) is 0.657. The maximum Gasteiger partial charge on any atom is 0.232 e. The summed E-state index contributed by atoms with van der Waals surface area (Å²) in [6.45, 7) is 2.27. The van der Waals surface area contributed by atoms with Crippen molar-refractivity contribution in [3.8, 4) is 5.75 Å². The van der Waals surface area contributed by atoms with E-state index >= 15 is 0 Å². The van der Waals surface area contributed by atoms with E-state index in [1.807, 2.05) is 37.3 Å². The fourth-order valence-electron chi connectivity index (χ4n) is 2.99. The van der Waals surface area contributed by atoms with Crippen molar-refractivity contribution in [1.29, 1.82) is 0 Å². The maximum atomic E-state index is 12.4. The summed E-state index contributed by atoms with van der Waals surface area (Å²) in [5, 5.41) is 3.02. The standard InChI is InChI=1S/C21H28N2O4S/c1-4-20(17-12-14-19(27-2)15-13-17)22-21(24)11-8-16-23(28(3,25)26)18-9-6-5-7-10-18/h5-7,9-10,12-15,20H,4,8,11,16H2,1-3H3,(H,22,24)/t20-/m0/s1. The molecule has 1 N–H and O–H groups in total. The highest BCUT2D eigenvalue weighted by Crippen LogP contribution is 2.21. The summed E-state index contributed by atoms with van der Waals surface area (Å²) in [5.74, 6) is 0.677. The first-order valence-corrected chi connectivity index (χ1v) is 11.2. The highest BCUT2D eigenvalue weighted by Gasteiger charge is 2.18. The van der Waals surface area contributed by atoms with Gasteiger partial charge in [0.15, 0.2) is 0 Å². The topological polar surface area (TPSA) is 75.7 Å². The molecule has 152 valence electrons. The molecule has 28 heavy (non-hydrogen) atoms. The van der Waals surface area contributed by atoms with Crippen LogP contribution in [0.1, 0.15) is 37.8 Å². The summed E-state index contributed by atoms with van der Waals surface area (Å²) >= 11 is 0. The van der Waals surface area contributed by atoms with Crippen LogP contribution >= 0.6 is 0 Å². The van der Waals surface area contributed by atoms with Crippen LogP contribution in [0.4, 0.5) is 5.69 Å². The Balaban J connectivity index is 1.92. The third-order valence-electron chi connectivity index (χ3n) is 4.47. The van der Waals surface area contributed by atoms with Gasteiger partial charge in [0, 0.05) is 13.0 Å². The van der Waals surface area contributed by atoms with Crippen LogP contribution < -0.4 is 14.4 Å². The van der Waals surface area contributed by atoms with Gasteiger partial charge < -0.3 is 10.1 Å². The lowest BCUT2D eigenvalue weighted by atomic mass is 10.0. The number of benzene rings is 2. The summed E-state index contributed by atoms with van der Waals surface area (Å²) in [6, 6.07) is 16.4. The molecule has 2 rings (SSSR count). The molecule has 0 fully saturated rings. The fraction of sp³-hybridized carbons (Fsp3) is 0.381. The predicted molar refractivity (Wildman–Crippen MR) is 112 cm³/mol. The Bertz CT molecular complexity index is 852. The van der Waals surface area contributed by atoms with Crippen LogP contribution in [0.3, 0.4) is 0 Å². The van der Waals surface area contributed by atoms with Crippen molar-refractivity contribution in [2.24, 2.45) is 0 Å². The molecule has 2 aromatic carbocycles. The van der Waals surface area contributed by atoms with Crippen LogP contribution in [0.15, 0.2) is 54.6 Å². The van der Waals surface area contributed by atoms with Gasteiger partial charge in [-0.05, 0) is 42.7 Å². The fourth-order valence-corrected chi connectivity index (χ4v) is 3.95. The Labute approximate surface area is 167 Å². The SMILES string of the molecule is CC[C@H](NC(=O)CCCN(c1ccccc1)S(C)(=O)=O)c1ccc(OC)cc1. The summed E-state index contributed by atoms with van der Waals surface area (Å²) in [5.41, 5.74) is 1.62. The number of anilines is 1. The van der Waals surface area contributed by atoms with Crippen molar-refractivity contribution in [1.82, 2.24) is 5.32 Å². The van der Waals surface area contributed by atoms with Crippen LogP contribution in [0.5, 0.6) is 5.75 Å². The molecule has 7 heteroatoms. The Morgan fingerprint density at radius 3 is 2.29 bits per heavy atom. The smallest absolute Gasteiger partial charge is 0.232 e. The molecule has 0 spiro atoms. The first-order chi connectivity index (χ1) is 13.3. The van der Waals surface area contributed by atoms with Gasteiger partial charge in [0.05, 0.1) is 25.1 Å². The number of hydrogen-bond acceptors (Lipinski definition) is 4. The van der Waals surface area contributed by atoms with Crippen molar-refractivity contribution in [2.45, 2.75) is 32.2 Å². The average Bonchev–Trinajstić information content (AvgIpc) is 2.69. The molecule has 1 amide bonds. The lowest BCUT2D eigenvalue weighted by Crippen LogP contribution is -2.32. The third kappa shape index (κ3) is 6.27. The van der Waals surface area contributed by atoms with Gasteiger partial charge in [0.25, 0.3) is 0 Å². The van der Waals surface area contributed by atoms with Gasteiger partial charge in [-0.2, -0.15) is 0 Å². The Hall–Kier alpha value is -2.54. The number of ether oxygens (including phenoxy) is 1. The van der Waals surface area contributed by atoms with Crippen molar-refractivity contribution in [2.75, 3.05) is 24.2 Å². The minimum Gasteiger partial charge on any atom is -0.497 e. The zero-order chi connectivity index (χ0) is 20.6. The normalized spacial score (nSPS) is 12.2. The van der Waals surface area contributed by atoms with Crippen LogP contribution in [0.25, 0.3) is 0 Å². The molecule has 0 aliphatic heterocycles. The number of carbonyl (C=O) groups excluding carboxylic acids is 1. The van der Waals surface area contributed by atoms with Crippen LogP contribution in [-0.4, -0.2) is 34.2 Å². The molecule has 0 aromatic heterocycles. The van der Waals surface area contributed by atoms with Crippen molar-refractivity contribution in [3.05, 3.63) is 60.2 Å². The number of sulfonamides is 1. The summed E-state index contributed by atoms with van der Waals surface area (Å²) in [4.78, 5) is 12.4. The van der Waals surface area contributed by atoms with E-state index in [1.165, 1.54) is 10.6 Å². The zero-order valence-electron chi connectivity index (χ0n) is 16.6. The largest absolute Gasteiger partial charge is 0.497 e. The van der Waals surface area contributed by atoms with Crippen molar-refractivity contribution >= 4 is 21.6 Å². The minimum absolute atomic E-state index is 0.0847. The van der Waals surface area contributed by atoms with Crippen LogP contribution in [0, 0.1) is 0 Å². The zero-order valence-corrected chi connectivity index (χ0v) is 17.4. The summed E-state index contributed by atoms with van der Waals surface area (Å²) in [6.07, 6.45) is 2.63. The number of rotatable bonds is 10. The van der Waals surface area contributed by atoms with E-state index in [0.717, 1.165) is 17.7 Å². The highest BCUT2D eigenvalue weighted by molar-refractivity contribution is 7.92. The number of methoxy groups -OCH3 is 1. The molecule has 0 heterocycles. The molecule has 1 atom stereocenters. The molecule has 0 radical (unpaired) electrons. The number of amides is 1. The van der Waals surface area contributed by atoms with E-state index < -0.39 is 10.0 Å². The molecule has 0 saturated heterocycles. The first kappa shape index (κ1) is 21.8. The number of nitrogens with zero attached hydrogens (tertiary/aromatic N) is 1. The number of hydrogen-bond donors (Lipinski definition) is 1. The maximum absolute atomic E-state index is 12.4. The lowest BCUT2D eigenvalue weighted by Gasteiger charge is -2.22. The second-order valence-electron chi connectivity index (χ2n) is 6.58. The van der Waals surface area contributed by atoms with E-state index in [0.29, 0.717) is 12.1 Å². The van der Waals surface area contributed by atoms with Crippen LogP contribution in [-0.2, 0) is 14.8 Å². The molecular formula is C21H28N2O4S. The second-order valence-corrected chi connectivity index (χ2v) is 8.48. The van der Waals surface area contributed by atoms with E-state index in [1.54, 1.807) is 31.4 Å². The molecule has 0 unspecified atom stereocenters. The molecule has 0 bridgehead atoms. The highest BCUT2D eigenvalue weighted by atomic mass is 32.2. The molecule has 0 aliphatic carbocycles. The van der Waals surface area contributed by atoms with Gasteiger partial charge in [0.1, 0.15) is 5.75 Å². The molecule has 0 aliphatic rings. The second kappa shape index (κ2) is 10.1. The Morgan fingerprint density at radius 1 is 1.11 bits per heavy atom. The van der Waals surface area contributed by atoms with E-state index in [4.69, 9.17) is 4.74 Å². The Morgan fingerprint density at radius 2 is 1.75 bits per heavy atom. The number of nitrogens with one attached hydrogen (secondary N) is 1. The molecular weight excluding hydrogens is 376 g/mol. The lowest BCUT2D eigenvalue weighted by molar-refractivity contribution is -0.121. The van der Waals surface area contributed by atoms with Gasteiger partial charge >= 0.3 is 0 Å². The summed E-state index contributed by atoms with van der Waals surface area (Å²) in [7, 11) is -1.79. The molecule has 6 nitrogen and oxygen atoms in total. The van der Waals surface area contributed by atoms with Crippen molar-refractivity contribution < 1.29 is 17.9 Å². The van der Waals surface area contributed by atoms with Gasteiger partial charge in [-0.25, -0.2) is 8.42 Å². The van der Waals surface area contributed by atoms with Gasteiger partial charge in [-0.1, -0.05) is 37.3 Å².